The second-order valence-electron chi connectivity index (χ2n) is 6.10. The summed E-state index contributed by atoms with van der Waals surface area (Å²) in [5.74, 6) is 0.931. The van der Waals surface area contributed by atoms with Crippen LogP contribution in [0.3, 0.4) is 0 Å². The zero-order chi connectivity index (χ0) is 15.3. The molecule has 3 aromatic rings. The number of imidazole rings is 1. The summed E-state index contributed by atoms with van der Waals surface area (Å²) in [4.78, 5) is 4.85. The van der Waals surface area contributed by atoms with Gasteiger partial charge in [-0.25, -0.2) is 4.98 Å². The van der Waals surface area contributed by atoms with E-state index >= 15 is 0 Å². The van der Waals surface area contributed by atoms with Gasteiger partial charge < -0.3 is 9.88 Å². The molecule has 0 saturated heterocycles. The van der Waals surface area contributed by atoms with E-state index in [1.54, 1.807) is 0 Å². The molecule has 1 aromatic carbocycles. The summed E-state index contributed by atoms with van der Waals surface area (Å²) in [6, 6.07) is 4.34. The number of fused-ring (bicyclic) bond motifs is 2. The molecular formula is C17H21N5. The number of nitrogens with one attached hydrogen (secondary N) is 2. The van der Waals surface area contributed by atoms with Gasteiger partial charge in [-0.15, -0.1) is 0 Å². The Morgan fingerprint density at radius 1 is 1.32 bits per heavy atom. The van der Waals surface area contributed by atoms with Crippen LogP contribution in [0.4, 0.5) is 5.69 Å². The first-order chi connectivity index (χ1) is 10.7. The summed E-state index contributed by atoms with van der Waals surface area (Å²) >= 11 is 0. The van der Waals surface area contributed by atoms with E-state index in [1.165, 1.54) is 28.0 Å². The minimum Gasteiger partial charge on any atom is -0.384 e. The third-order valence-electron chi connectivity index (χ3n) is 4.56. The molecule has 0 saturated carbocycles. The van der Waals surface area contributed by atoms with Crippen molar-refractivity contribution in [2.45, 2.75) is 33.1 Å². The van der Waals surface area contributed by atoms with Crippen LogP contribution in [0.15, 0.2) is 12.1 Å². The third kappa shape index (κ3) is 1.85. The zero-order valence-corrected chi connectivity index (χ0v) is 13.3. The number of aryl methyl sites for hydroxylation is 3. The van der Waals surface area contributed by atoms with Crippen molar-refractivity contribution in [1.82, 2.24) is 19.7 Å². The highest BCUT2D eigenvalue weighted by molar-refractivity contribution is 5.89. The molecule has 22 heavy (non-hydrogen) atoms. The fraction of sp³-hybridized carbons (Fsp3) is 0.412. The van der Waals surface area contributed by atoms with Gasteiger partial charge in [0.2, 0.25) is 0 Å². The molecule has 0 atom stereocenters. The standard InChI is InChI=1S/C17H21N5/c1-4-5-12-9-14(21-20-12)17-19-13-8-11-6-7-18-15(11)10(2)16(13)22(17)3/h8-9,18H,4-7H2,1-3H3,(H,20,21). The second-order valence-corrected chi connectivity index (χ2v) is 6.10. The second kappa shape index (κ2) is 4.87. The number of rotatable bonds is 3. The van der Waals surface area contributed by atoms with Gasteiger partial charge in [0.05, 0.1) is 11.0 Å². The molecule has 0 fully saturated rings. The van der Waals surface area contributed by atoms with Gasteiger partial charge in [-0.05, 0) is 43.0 Å². The average Bonchev–Trinajstić information content (AvgIpc) is 3.19. The van der Waals surface area contributed by atoms with Crippen molar-refractivity contribution in [3.05, 3.63) is 29.0 Å². The molecule has 0 radical (unpaired) electrons. The number of benzene rings is 1. The summed E-state index contributed by atoms with van der Waals surface area (Å²) in [6.45, 7) is 5.38. The van der Waals surface area contributed by atoms with Crippen molar-refractivity contribution < 1.29 is 0 Å². The van der Waals surface area contributed by atoms with E-state index in [1.807, 2.05) is 0 Å². The molecule has 0 amide bonds. The highest BCUT2D eigenvalue weighted by atomic mass is 15.2. The Bertz CT molecular complexity index is 856. The molecule has 0 spiro atoms. The maximum Gasteiger partial charge on any atom is 0.161 e. The summed E-state index contributed by atoms with van der Waals surface area (Å²) in [5.41, 5.74) is 8.32. The normalized spacial score (nSPS) is 13.6. The number of anilines is 1. The van der Waals surface area contributed by atoms with Gasteiger partial charge in [0.15, 0.2) is 5.82 Å². The van der Waals surface area contributed by atoms with E-state index in [9.17, 15) is 0 Å². The Kier molecular flexibility index (Phi) is 2.96. The predicted molar refractivity (Wildman–Crippen MR) is 89.2 cm³/mol. The quantitative estimate of drug-likeness (QED) is 0.780. The van der Waals surface area contributed by atoms with Crippen LogP contribution in [0.1, 0.15) is 30.2 Å². The lowest BCUT2D eigenvalue weighted by Crippen LogP contribution is -1.97. The van der Waals surface area contributed by atoms with Crippen molar-refractivity contribution in [2.24, 2.45) is 7.05 Å². The van der Waals surface area contributed by atoms with Crippen molar-refractivity contribution in [1.29, 1.82) is 0 Å². The lowest BCUT2D eigenvalue weighted by molar-refractivity contribution is 0.866. The predicted octanol–water partition coefficient (Wildman–Crippen LogP) is 3.19. The SMILES string of the molecule is CCCc1cc(-c2nc3cc4c(c(C)c3n2C)NCC4)n[nH]1. The maximum atomic E-state index is 4.85. The molecule has 2 N–H and O–H groups in total. The van der Waals surface area contributed by atoms with Gasteiger partial charge in [0.25, 0.3) is 0 Å². The first-order valence-electron chi connectivity index (χ1n) is 7.96. The van der Waals surface area contributed by atoms with E-state index in [0.29, 0.717) is 0 Å². The number of hydrogen-bond acceptors (Lipinski definition) is 3. The Balaban J connectivity index is 1.89. The fourth-order valence-corrected chi connectivity index (χ4v) is 3.53. The van der Waals surface area contributed by atoms with Crippen molar-refractivity contribution in [2.75, 3.05) is 11.9 Å². The topological polar surface area (TPSA) is 58.5 Å². The average molecular weight is 295 g/mol. The molecular weight excluding hydrogens is 274 g/mol. The molecule has 1 aliphatic heterocycles. The largest absolute Gasteiger partial charge is 0.384 e. The van der Waals surface area contributed by atoms with Crippen LogP contribution in [0, 0.1) is 6.92 Å². The van der Waals surface area contributed by atoms with E-state index in [0.717, 1.165) is 42.8 Å². The Morgan fingerprint density at radius 3 is 3.00 bits per heavy atom. The molecule has 3 heterocycles. The van der Waals surface area contributed by atoms with Crippen LogP contribution in [0.25, 0.3) is 22.6 Å². The smallest absolute Gasteiger partial charge is 0.161 e. The van der Waals surface area contributed by atoms with E-state index in [2.05, 4.69) is 53.1 Å². The van der Waals surface area contributed by atoms with Gasteiger partial charge in [0.1, 0.15) is 5.69 Å². The van der Waals surface area contributed by atoms with Crippen molar-refractivity contribution in [3.63, 3.8) is 0 Å². The minimum atomic E-state index is 0.926. The summed E-state index contributed by atoms with van der Waals surface area (Å²) in [5, 5.41) is 11.1. The van der Waals surface area contributed by atoms with Crippen molar-refractivity contribution >= 4 is 16.7 Å². The summed E-state index contributed by atoms with van der Waals surface area (Å²) < 4.78 is 2.16. The van der Waals surface area contributed by atoms with Gasteiger partial charge >= 0.3 is 0 Å². The van der Waals surface area contributed by atoms with E-state index in [-0.39, 0.29) is 0 Å². The molecule has 4 rings (SSSR count). The van der Waals surface area contributed by atoms with Gasteiger partial charge in [0, 0.05) is 25.0 Å². The van der Waals surface area contributed by atoms with E-state index < -0.39 is 0 Å². The Hall–Kier alpha value is -2.30. The van der Waals surface area contributed by atoms with E-state index in [4.69, 9.17) is 4.98 Å². The molecule has 0 bridgehead atoms. The molecule has 1 aliphatic rings. The summed E-state index contributed by atoms with van der Waals surface area (Å²) in [7, 11) is 2.08. The molecule has 0 aliphatic carbocycles. The number of hydrogen-bond donors (Lipinski definition) is 2. The third-order valence-corrected chi connectivity index (χ3v) is 4.56. The number of aromatic amines is 1. The van der Waals surface area contributed by atoms with Crippen LogP contribution in [-0.2, 0) is 19.9 Å². The molecule has 5 nitrogen and oxygen atoms in total. The molecule has 114 valence electrons. The van der Waals surface area contributed by atoms with Crippen LogP contribution >= 0.6 is 0 Å². The lowest BCUT2D eigenvalue weighted by Gasteiger charge is -2.07. The zero-order valence-electron chi connectivity index (χ0n) is 13.3. The maximum absolute atomic E-state index is 4.85. The minimum absolute atomic E-state index is 0.926. The number of aromatic nitrogens is 4. The first-order valence-corrected chi connectivity index (χ1v) is 7.96. The number of H-pyrrole nitrogens is 1. The van der Waals surface area contributed by atoms with Gasteiger partial charge in [-0.2, -0.15) is 5.10 Å². The van der Waals surface area contributed by atoms with Gasteiger partial charge in [-0.1, -0.05) is 13.3 Å². The molecule has 0 unspecified atom stereocenters. The molecule has 5 heteroatoms. The van der Waals surface area contributed by atoms with Crippen LogP contribution in [0.5, 0.6) is 0 Å². The van der Waals surface area contributed by atoms with Crippen LogP contribution < -0.4 is 5.32 Å². The van der Waals surface area contributed by atoms with Crippen LogP contribution in [0.2, 0.25) is 0 Å². The highest BCUT2D eigenvalue weighted by Crippen LogP contribution is 2.34. The first kappa shape index (κ1) is 13.4. The fourth-order valence-electron chi connectivity index (χ4n) is 3.53. The monoisotopic (exact) mass is 295 g/mol. The Labute approximate surface area is 129 Å². The van der Waals surface area contributed by atoms with Crippen LogP contribution in [-0.4, -0.2) is 26.3 Å². The Morgan fingerprint density at radius 2 is 2.18 bits per heavy atom. The lowest BCUT2D eigenvalue weighted by atomic mass is 10.1. The summed E-state index contributed by atoms with van der Waals surface area (Å²) in [6.07, 6.45) is 3.22. The highest BCUT2D eigenvalue weighted by Gasteiger charge is 2.20. The van der Waals surface area contributed by atoms with Gasteiger partial charge in [-0.3, -0.25) is 5.10 Å². The number of nitrogens with zero attached hydrogens (tertiary/aromatic N) is 3. The van der Waals surface area contributed by atoms with Crippen molar-refractivity contribution in [3.8, 4) is 11.5 Å². The molecule has 2 aromatic heterocycles.